The Morgan fingerprint density at radius 3 is 2.36 bits per heavy atom. The minimum Gasteiger partial charge on any atom is -0.496 e. The van der Waals surface area contributed by atoms with Crippen LogP contribution in [0.15, 0.2) is 24.3 Å². The Hall–Kier alpha value is -0.400. The first-order valence-corrected chi connectivity index (χ1v) is 4.04. The van der Waals surface area contributed by atoms with Crippen molar-refractivity contribution in [2.75, 3.05) is 7.11 Å². The van der Waals surface area contributed by atoms with Crippen LogP contribution in [0.1, 0.15) is 10.4 Å². The summed E-state index contributed by atoms with van der Waals surface area (Å²) in [7, 11) is 1.59. The van der Waals surface area contributed by atoms with Crippen LogP contribution in [0.5, 0.6) is 5.75 Å². The summed E-state index contributed by atoms with van der Waals surface area (Å²) >= 11 is 11.3. The summed E-state index contributed by atoms with van der Waals surface area (Å²) < 4.78 is 5.04. The molecule has 3 heteroatoms. The predicted octanol–water partition coefficient (Wildman–Crippen LogP) is 3.17. The monoisotopic (exact) mass is 190 g/mol. The maximum absolute atomic E-state index is 5.67. The number of alkyl halides is 2. The first-order valence-electron chi connectivity index (χ1n) is 3.16. The van der Waals surface area contributed by atoms with Crippen LogP contribution in [-0.2, 0) is 0 Å². The van der Waals surface area contributed by atoms with Crippen molar-refractivity contribution in [3.05, 3.63) is 29.8 Å². The number of benzene rings is 1. The standard InChI is InChI=1S/C8H8Cl2O/c1-11-7-5-3-2-4-6(7)8(9)10/h2-5,8H,1H3. The highest BCUT2D eigenvalue weighted by Crippen LogP contribution is 2.31. The van der Waals surface area contributed by atoms with Crippen molar-refractivity contribution in [2.24, 2.45) is 0 Å². The second kappa shape index (κ2) is 3.84. The van der Waals surface area contributed by atoms with Gasteiger partial charge in [-0.25, -0.2) is 0 Å². The molecule has 0 aromatic heterocycles. The Labute approximate surface area is 75.9 Å². The van der Waals surface area contributed by atoms with Gasteiger partial charge in [-0.05, 0) is 6.07 Å². The van der Waals surface area contributed by atoms with Crippen molar-refractivity contribution >= 4 is 23.2 Å². The fraction of sp³-hybridized carbons (Fsp3) is 0.250. The summed E-state index contributed by atoms with van der Waals surface area (Å²) in [5.74, 6) is 0.725. The highest BCUT2D eigenvalue weighted by Gasteiger charge is 2.07. The smallest absolute Gasteiger partial charge is 0.136 e. The van der Waals surface area contributed by atoms with Gasteiger partial charge in [0.05, 0.1) is 7.11 Å². The number of rotatable bonds is 2. The summed E-state index contributed by atoms with van der Waals surface area (Å²) in [5.41, 5.74) is 0.804. The topological polar surface area (TPSA) is 9.23 Å². The zero-order valence-corrected chi connectivity index (χ0v) is 7.56. The molecule has 0 unspecified atom stereocenters. The molecule has 0 heterocycles. The molecule has 0 aliphatic heterocycles. The molecule has 0 aliphatic carbocycles. The number of para-hydroxylation sites is 1. The molecular formula is C8H8Cl2O. The van der Waals surface area contributed by atoms with Gasteiger partial charge in [0.2, 0.25) is 0 Å². The molecule has 1 nitrogen and oxygen atoms in total. The minimum atomic E-state index is -0.522. The third kappa shape index (κ3) is 2.01. The van der Waals surface area contributed by atoms with Gasteiger partial charge in [-0.3, -0.25) is 0 Å². The van der Waals surface area contributed by atoms with E-state index in [1.54, 1.807) is 7.11 Å². The Morgan fingerprint density at radius 1 is 1.27 bits per heavy atom. The quantitative estimate of drug-likeness (QED) is 0.652. The van der Waals surface area contributed by atoms with Crippen LogP contribution >= 0.6 is 23.2 Å². The van der Waals surface area contributed by atoms with E-state index in [0.717, 1.165) is 11.3 Å². The van der Waals surface area contributed by atoms with Crippen molar-refractivity contribution in [1.29, 1.82) is 0 Å². The van der Waals surface area contributed by atoms with E-state index in [4.69, 9.17) is 27.9 Å². The molecule has 0 saturated heterocycles. The van der Waals surface area contributed by atoms with E-state index in [0.29, 0.717) is 0 Å². The molecule has 0 amide bonds. The normalized spacial score (nSPS) is 10.2. The molecule has 0 bridgehead atoms. The van der Waals surface area contributed by atoms with Crippen LogP contribution in [0.25, 0.3) is 0 Å². The zero-order valence-electron chi connectivity index (χ0n) is 6.05. The van der Waals surface area contributed by atoms with Gasteiger partial charge in [-0.2, -0.15) is 0 Å². The molecule has 0 atom stereocenters. The van der Waals surface area contributed by atoms with Gasteiger partial charge in [0, 0.05) is 5.56 Å². The average molecular weight is 191 g/mol. The van der Waals surface area contributed by atoms with Gasteiger partial charge in [0.25, 0.3) is 0 Å². The van der Waals surface area contributed by atoms with Crippen LogP contribution in [-0.4, -0.2) is 7.11 Å². The Bertz CT molecular complexity index is 235. The van der Waals surface area contributed by atoms with Crippen molar-refractivity contribution in [3.63, 3.8) is 0 Å². The van der Waals surface area contributed by atoms with E-state index in [9.17, 15) is 0 Å². The Kier molecular flexibility index (Phi) is 3.03. The Balaban J connectivity index is 3.02. The third-order valence-electron chi connectivity index (χ3n) is 1.37. The lowest BCUT2D eigenvalue weighted by Gasteiger charge is -2.07. The molecule has 0 N–H and O–H groups in total. The second-order valence-corrected chi connectivity index (χ2v) is 3.14. The summed E-state index contributed by atoms with van der Waals surface area (Å²) in [6.45, 7) is 0. The van der Waals surface area contributed by atoms with E-state index in [-0.39, 0.29) is 0 Å². The van der Waals surface area contributed by atoms with Gasteiger partial charge in [0.1, 0.15) is 10.6 Å². The van der Waals surface area contributed by atoms with E-state index in [1.807, 2.05) is 24.3 Å². The van der Waals surface area contributed by atoms with Gasteiger partial charge < -0.3 is 4.74 Å². The van der Waals surface area contributed by atoms with E-state index in [2.05, 4.69) is 0 Å². The highest BCUT2D eigenvalue weighted by molar-refractivity contribution is 6.44. The average Bonchev–Trinajstić information content (AvgIpc) is 2.04. The van der Waals surface area contributed by atoms with E-state index in [1.165, 1.54) is 0 Å². The molecule has 1 aromatic carbocycles. The second-order valence-electron chi connectivity index (χ2n) is 2.04. The van der Waals surface area contributed by atoms with Crippen molar-refractivity contribution < 1.29 is 4.74 Å². The summed E-state index contributed by atoms with van der Waals surface area (Å²) in [5, 5.41) is 0. The highest BCUT2D eigenvalue weighted by atomic mass is 35.5. The first-order chi connectivity index (χ1) is 5.25. The van der Waals surface area contributed by atoms with Crippen molar-refractivity contribution in [2.45, 2.75) is 4.84 Å². The third-order valence-corrected chi connectivity index (χ3v) is 1.84. The summed E-state index contributed by atoms with van der Waals surface area (Å²) in [6.07, 6.45) is 0. The van der Waals surface area contributed by atoms with Crippen LogP contribution < -0.4 is 4.74 Å². The lowest BCUT2D eigenvalue weighted by Crippen LogP contribution is -1.89. The van der Waals surface area contributed by atoms with Gasteiger partial charge in [-0.1, -0.05) is 41.4 Å². The predicted molar refractivity (Wildman–Crippen MR) is 47.4 cm³/mol. The molecule has 0 fully saturated rings. The minimum absolute atomic E-state index is 0.522. The number of halogens is 2. The van der Waals surface area contributed by atoms with Crippen molar-refractivity contribution in [1.82, 2.24) is 0 Å². The molecule has 0 aliphatic rings. The van der Waals surface area contributed by atoms with Gasteiger partial charge in [-0.15, -0.1) is 0 Å². The fourth-order valence-corrected chi connectivity index (χ4v) is 1.21. The lowest BCUT2D eigenvalue weighted by atomic mass is 10.2. The molecule has 1 aromatic rings. The summed E-state index contributed by atoms with van der Waals surface area (Å²) in [6, 6.07) is 7.41. The van der Waals surface area contributed by atoms with Crippen LogP contribution in [0.2, 0.25) is 0 Å². The van der Waals surface area contributed by atoms with Crippen LogP contribution in [0.3, 0.4) is 0 Å². The molecule has 11 heavy (non-hydrogen) atoms. The SMILES string of the molecule is COc1ccccc1C(Cl)Cl. The molecule has 60 valence electrons. The van der Waals surface area contributed by atoms with Gasteiger partial charge >= 0.3 is 0 Å². The molecule has 0 saturated carbocycles. The van der Waals surface area contributed by atoms with Crippen LogP contribution in [0, 0.1) is 0 Å². The largest absolute Gasteiger partial charge is 0.496 e. The molecule has 1 rings (SSSR count). The molecular weight excluding hydrogens is 183 g/mol. The lowest BCUT2D eigenvalue weighted by molar-refractivity contribution is 0.411. The molecule has 0 radical (unpaired) electrons. The number of hydrogen-bond acceptors (Lipinski definition) is 1. The van der Waals surface area contributed by atoms with Crippen LogP contribution in [0.4, 0.5) is 0 Å². The molecule has 0 spiro atoms. The number of methoxy groups -OCH3 is 1. The maximum Gasteiger partial charge on any atom is 0.136 e. The van der Waals surface area contributed by atoms with E-state index >= 15 is 0 Å². The number of ether oxygens (including phenoxy) is 1. The summed E-state index contributed by atoms with van der Waals surface area (Å²) in [4.78, 5) is -0.522. The number of hydrogen-bond donors (Lipinski definition) is 0. The zero-order chi connectivity index (χ0) is 8.27. The van der Waals surface area contributed by atoms with Crippen molar-refractivity contribution in [3.8, 4) is 5.75 Å². The van der Waals surface area contributed by atoms with Gasteiger partial charge in [0.15, 0.2) is 0 Å². The first kappa shape index (κ1) is 8.69. The maximum atomic E-state index is 5.67. The van der Waals surface area contributed by atoms with E-state index < -0.39 is 4.84 Å². The Morgan fingerprint density at radius 2 is 1.91 bits per heavy atom. The fourth-order valence-electron chi connectivity index (χ4n) is 0.847.